The van der Waals surface area contributed by atoms with Gasteiger partial charge < -0.3 is 9.47 Å². The average Bonchev–Trinajstić information content (AvgIpc) is 2.49. The molecule has 2 aromatic carbocycles. The molecule has 0 aromatic heterocycles. The second kappa shape index (κ2) is 6.95. The molecule has 0 saturated carbocycles. The van der Waals surface area contributed by atoms with Crippen molar-refractivity contribution >= 4 is 0 Å². The van der Waals surface area contributed by atoms with Gasteiger partial charge in [-0.2, -0.15) is 0 Å². The number of ether oxygens (including phenoxy) is 2. The van der Waals surface area contributed by atoms with Crippen molar-refractivity contribution in [2.45, 2.75) is 26.1 Å². The third-order valence-corrected chi connectivity index (χ3v) is 3.15. The Morgan fingerprint density at radius 1 is 0.947 bits per heavy atom. The van der Waals surface area contributed by atoms with Crippen LogP contribution < -0.4 is 4.74 Å². The van der Waals surface area contributed by atoms with Gasteiger partial charge in [0, 0.05) is 0 Å². The van der Waals surface area contributed by atoms with Crippen LogP contribution in [0.1, 0.15) is 30.6 Å². The van der Waals surface area contributed by atoms with Crippen molar-refractivity contribution in [1.29, 1.82) is 0 Å². The highest BCUT2D eigenvalue weighted by molar-refractivity contribution is 5.26. The summed E-state index contributed by atoms with van der Waals surface area (Å²) in [4.78, 5) is 0. The molecular formula is C17H20O2. The molecule has 2 aromatic rings. The predicted octanol–water partition coefficient (Wildman–Crippen LogP) is 4.36. The van der Waals surface area contributed by atoms with Gasteiger partial charge in [-0.05, 0) is 29.7 Å². The Hall–Kier alpha value is -1.80. The zero-order valence-corrected chi connectivity index (χ0v) is 11.5. The summed E-state index contributed by atoms with van der Waals surface area (Å²) in [5, 5.41) is 0. The molecule has 19 heavy (non-hydrogen) atoms. The molecule has 0 aliphatic rings. The molecule has 1 atom stereocenters. The lowest BCUT2D eigenvalue weighted by Gasteiger charge is -2.16. The monoisotopic (exact) mass is 256 g/mol. The van der Waals surface area contributed by atoms with E-state index in [2.05, 4.69) is 31.2 Å². The van der Waals surface area contributed by atoms with E-state index in [0.717, 1.165) is 17.7 Å². The lowest BCUT2D eigenvalue weighted by Crippen LogP contribution is -2.03. The van der Waals surface area contributed by atoms with Gasteiger partial charge in [-0.15, -0.1) is 0 Å². The zero-order valence-electron chi connectivity index (χ0n) is 11.5. The standard InChI is InChI=1S/C17H20O2/c1-3-17(15-7-5-4-6-8-15)19-13-14-9-11-16(18-2)12-10-14/h4-12,17H,3,13H2,1-2H3. The molecule has 100 valence electrons. The molecule has 0 heterocycles. The van der Waals surface area contributed by atoms with Crippen LogP contribution in [0.5, 0.6) is 5.75 Å². The summed E-state index contributed by atoms with van der Waals surface area (Å²) in [5.74, 6) is 0.874. The Morgan fingerprint density at radius 2 is 1.63 bits per heavy atom. The van der Waals surface area contributed by atoms with Gasteiger partial charge in [-0.3, -0.25) is 0 Å². The van der Waals surface area contributed by atoms with E-state index in [4.69, 9.17) is 9.47 Å². The van der Waals surface area contributed by atoms with Gasteiger partial charge in [0.2, 0.25) is 0 Å². The maximum atomic E-state index is 6.00. The lowest BCUT2D eigenvalue weighted by molar-refractivity contribution is 0.0371. The molecule has 0 bridgehead atoms. The van der Waals surface area contributed by atoms with E-state index in [-0.39, 0.29) is 6.10 Å². The normalized spacial score (nSPS) is 12.1. The van der Waals surface area contributed by atoms with Crippen LogP contribution in [0.15, 0.2) is 54.6 Å². The summed E-state index contributed by atoms with van der Waals surface area (Å²) >= 11 is 0. The molecule has 2 heteroatoms. The molecule has 0 N–H and O–H groups in total. The van der Waals surface area contributed by atoms with Gasteiger partial charge in [0.1, 0.15) is 5.75 Å². The fourth-order valence-corrected chi connectivity index (χ4v) is 2.04. The molecule has 0 radical (unpaired) electrons. The highest BCUT2D eigenvalue weighted by Crippen LogP contribution is 2.22. The summed E-state index contributed by atoms with van der Waals surface area (Å²) in [6.07, 6.45) is 1.13. The van der Waals surface area contributed by atoms with E-state index in [1.165, 1.54) is 5.56 Å². The van der Waals surface area contributed by atoms with Gasteiger partial charge in [0.15, 0.2) is 0 Å². The SMILES string of the molecule is CCC(OCc1ccc(OC)cc1)c1ccccc1. The van der Waals surface area contributed by atoms with Crippen LogP contribution in [0.4, 0.5) is 0 Å². The van der Waals surface area contributed by atoms with Crippen LogP contribution in [0.25, 0.3) is 0 Å². The number of methoxy groups -OCH3 is 1. The summed E-state index contributed by atoms with van der Waals surface area (Å²) in [5.41, 5.74) is 2.40. The number of benzene rings is 2. The topological polar surface area (TPSA) is 18.5 Å². The van der Waals surface area contributed by atoms with Crippen molar-refractivity contribution in [1.82, 2.24) is 0 Å². The minimum atomic E-state index is 0.156. The van der Waals surface area contributed by atoms with E-state index in [0.29, 0.717) is 6.61 Å². The van der Waals surface area contributed by atoms with Crippen molar-refractivity contribution in [3.63, 3.8) is 0 Å². The van der Waals surface area contributed by atoms with Crippen LogP contribution in [0.2, 0.25) is 0 Å². The maximum absolute atomic E-state index is 6.00. The molecule has 0 fully saturated rings. The molecule has 0 aliphatic carbocycles. The molecule has 1 unspecified atom stereocenters. The van der Waals surface area contributed by atoms with E-state index >= 15 is 0 Å². The minimum absolute atomic E-state index is 0.156. The first-order valence-electron chi connectivity index (χ1n) is 6.63. The fraction of sp³-hybridized carbons (Fsp3) is 0.294. The molecular weight excluding hydrogens is 236 g/mol. The Morgan fingerprint density at radius 3 is 2.21 bits per heavy atom. The predicted molar refractivity (Wildman–Crippen MR) is 77.3 cm³/mol. The van der Waals surface area contributed by atoms with E-state index in [9.17, 15) is 0 Å². The highest BCUT2D eigenvalue weighted by atomic mass is 16.5. The van der Waals surface area contributed by atoms with Gasteiger partial charge >= 0.3 is 0 Å². The minimum Gasteiger partial charge on any atom is -0.497 e. The lowest BCUT2D eigenvalue weighted by atomic mass is 10.1. The quantitative estimate of drug-likeness (QED) is 0.764. The zero-order chi connectivity index (χ0) is 13.5. The molecule has 0 spiro atoms. The van der Waals surface area contributed by atoms with E-state index < -0.39 is 0 Å². The van der Waals surface area contributed by atoms with Crippen molar-refractivity contribution < 1.29 is 9.47 Å². The van der Waals surface area contributed by atoms with Crippen molar-refractivity contribution in [3.05, 3.63) is 65.7 Å². The second-order valence-electron chi connectivity index (χ2n) is 4.47. The van der Waals surface area contributed by atoms with Crippen LogP contribution in [-0.4, -0.2) is 7.11 Å². The van der Waals surface area contributed by atoms with E-state index in [1.807, 2.05) is 30.3 Å². The first-order valence-corrected chi connectivity index (χ1v) is 6.63. The molecule has 2 nitrogen and oxygen atoms in total. The Bertz CT molecular complexity index is 476. The van der Waals surface area contributed by atoms with Crippen LogP contribution in [0.3, 0.4) is 0 Å². The molecule has 2 rings (SSSR count). The van der Waals surface area contributed by atoms with Crippen molar-refractivity contribution in [2.24, 2.45) is 0 Å². The smallest absolute Gasteiger partial charge is 0.118 e. The Kier molecular flexibility index (Phi) is 4.99. The summed E-state index contributed by atoms with van der Waals surface area (Å²) in [7, 11) is 1.67. The molecule has 0 amide bonds. The average molecular weight is 256 g/mol. The molecule has 0 saturated heterocycles. The van der Waals surface area contributed by atoms with Gasteiger partial charge in [0.05, 0.1) is 19.8 Å². The maximum Gasteiger partial charge on any atom is 0.118 e. The second-order valence-corrected chi connectivity index (χ2v) is 4.47. The third kappa shape index (κ3) is 3.83. The summed E-state index contributed by atoms with van der Waals surface area (Å²) in [6, 6.07) is 18.4. The van der Waals surface area contributed by atoms with Crippen LogP contribution in [-0.2, 0) is 11.3 Å². The first-order chi connectivity index (χ1) is 9.33. The fourth-order valence-electron chi connectivity index (χ4n) is 2.04. The first kappa shape index (κ1) is 13.6. The molecule has 0 aliphatic heterocycles. The Balaban J connectivity index is 1.96. The van der Waals surface area contributed by atoms with Crippen LogP contribution in [0, 0.1) is 0 Å². The van der Waals surface area contributed by atoms with Crippen LogP contribution >= 0.6 is 0 Å². The van der Waals surface area contributed by atoms with Gasteiger partial charge in [-0.1, -0.05) is 49.4 Å². The highest BCUT2D eigenvalue weighted by Gasteiger charge is 2.09. The van der Waals surface area contributed by atoms with Crippen molar-refractivity contribution in [2.75, 3.05) is 7.11 Å². The summed E-state index contributed by atoms with van der Waals surface area (Å²) in [6.45, 7) is 2.77. The number of rotatable bonds is 6. The van der Waals surface area contributed by atoms with Gasteiger partial charge in [0.25, 0.3) is 0 Å². The van der Waals surface area contributed by atoms with Crippen molar-refractivity contribution in [3.8, 4) is 5.75 Å². The Labute approximate surface area is 115 Å². The van der Waals surface area contributed by atoms with E-state index in [1.54, 1.807) is 7.11 Å². The number of hydrogen-bond donors (Lipinski definition) is 0. The third-order valence-electron chi connectivity index (χ3n) is 3.15. The van der Waals surface area contributed by atoms with Gasteiger partial charge in [-0.25, -0.2) is 0 Å². The number of hydrogen-bond acceptors (Lipinski definition) is 2. The summed E-state index contributed by atoms with van der Waals surface area (Å²) < 4.78 is 11.1. The largest absolute Gasteiger partial charge is 0.497 e.